The van der Waals surface area contributed by atoms with E-state index in [0.29, 0.717) is 5.82 Å². The topological polar surface area (TPSA) is 92.7 Å². The highest BCUT2D eigenvalue weighted by Crippen LogP contribution is 2.14. The highest BCUT2D eigenvalue weighted by Gasteiger charge is 2.13. The first-order valence-electron chi connectivity index (χ1n) is 5.36. The molecule has 0 unspecified atom stereocenters. The fourth-order valence-corrected chi connectivity index (χ4v) is 1.40. The first-order valence-corrected chi connectivity index (χ1v) is 5.36. The number of aryl methyl sites for hydroxylation is 2. The summed E-state index contributed by atoms with van der Waals surface area (Å²) in [6, 6.07) is 2.68. The lowest BCUT2D eigenvalue weighted by molar-refractivity contribution is 0.101. The number of carbonyl (C=O) groups is 1. The molecule has 0 aliphatic rings. The van der Waals surface area contributed by atoms with Gasteiger partial charge in [0.2, 0.25) is 0 Å². The molecule has 7 heteroatoms. The van der Waals surface area contributed by atoms with Crippen molar-refractivity contribution >= 4 is 11.7 Å². The average molecular weight is 247 g/mol. The van der Waals surface area contributed by atoms with Gasteiger partial charge in [-0.25, -0.2) is 4.68 Å². The van der Waals surface area contributed by atoms with E-state index in [9.17, 15) is 9.59 Å². The monoisotopic (exact) mass is 247 g/mol. The molecule has 0 radical (unpaired) electrons. The largest absolute Gasteiger partial charge is 0.303 e. The Hall–Kier alpha value is -2.44. The Kier molecular flexibility index (Phi) is 2.97. The normalized spacial score (nSPS) is 10.4. The number of nitrogens with zero attached hydrogens (tertiary/aromatic N) is 3. The van der Waals surface area contributed by atoms with Crippen molar-refractivity contribution < 1.29 is 4.79 Å². The van der Waals surface area contributed by atoms with Crippen LogP contribution >= 0.6 is 0 Å². The van der Waals surface area contributed by atoms with Crippen molar-refractivity contribution in [1.29, 1.82) is 0 Å². The van der Waals surface area contributed by atoms with Crippen LogP contribution in [0.5, 0.6) is 0 Å². The van der Waals surface area contributed by atoms with Gasteiger partial charge in [0.1, 0.15) is 5.69 Å². The third-order valence-electron chi connectivity index (χ3n) is 2.68. The molecule has 0 aliphatic heterocycles. The van der Waals surface area contributed by atoms with Crippen molar-refractivity contribution in [2.45, 2.75) is 13.8 Å². The van der Waals surface area contributed by atoms with E-state index in [1.165, 1.54) is 19.2 Å². The minimum absolute atomic E-state index is 0.164. The Morgan fingerprint density at radius 2 is 2.11 bits per heavy atom. The quantitative estimate of drug-likeness (QED) is 0.802. The van der Waals surface area contributed by atoms with Gasteiger partial charge in [-0.15, -0.1) is 0 Å². The summed E-state index contributed by atoms with van der Waals surface area (Å²) in [4.78, 5) is 23.1. The Morgan fingerprint density at radius 3 is 2.67 bits per heavy atom. The second kappa shape index (κ2) is 4.44. The van der Waals surface area contributed by atoms with Crippen LogP contribution in [-0.2, 0) is 7.05 Å². The first kappa shape index (κ1) is 12.0. The van der Waals surface area contributed by atoms with Gasteiger partial charge in [-0.2, -0.15) is 10.2 Å². The maximum absolute atomic E-state index is 11.9. The van der Waals surface area contributed by atoms with Crippen LogP contribution in [0.25, 0.3) is 0 Å². The van der Waals surface area contributed by atoms with Gasteiger partial charge in [0.05, 0.1) is 0 Å². The SMILES string of the molecule is Cc1[nH]nc(NC(=O)c2ccc(=O)n(C)n2)c1C. The fourth-order valence-electron chi connectivity index (χ4n) is 1.40. The molecule has 2 rings (SSSR count). The zero-order valence-electron chi connectivity index (χ0n) is 10.3. The zero-order chi connectivity index (χ0) is 13.3. The summed E-state index contributed by atoms with van der Waals surface area (Å²) in [6.45, 7) is 3.71. The number of amides is 1. The van der Waals surface area contributed by atoms with Crippen LogP contribution in [0.4, 0.5) is 5.82 Å². The van der Waals surface area contributed by atoms with Gasteiger partial charge >= 0.3 is 0 Å². The number of carbonyl (C=O) groups excluding carboxylic acids is 1. The molecule has 2 N–H and O–H groups in total. The van der Waals surface area contributed by atoms with Gasteiger partial charge in [0.15, 0.2) is 5.82 Å². The van der Waals surface area contributed by atoms with Crippen molar-refractivity contribution in [2.75, 3.05) is 5.32 Å². The number of rotatable bonds is 2. The Bertz CT molecular complexity index is 656. The molecule has 0 saturated carbocycles. The summed E-state index contributed by atoms with van der Waals surface area (Å²) >= 11 is 0. The molecule has 18 heavy (non-hydrogen) atoms. The second-order valence-electron chi connectivity index (χ2n) is 3.96. The molecule has 2 aromatic heterocycles. The number of hydrogen-bond donors (Lipinski definition) is 2. The van der Waals surface area contributed by atoms with Crippen LogP contribution in [0.1, 0.15) is 21.7 Å². The number of nitrogens with one attached hydrogen (secondary N) is 2. The lowest BCUT2D eigenvalue weighted by Gasteiger charge is -2.03. The fraction of sp³-hybridized carbons (Fsp3) is 0.273. The lowest BCUT2D eigenvalue weighted by atomic mass is 10.2. The Morgan fingerprint density at radius 1 is 1.39 bits per heavy atom. The van der Waals surface area contributed by atoms with E-state index in [2.05, 4.69) is 20.6 Å². The number of H-pyrrole nitrogens is 1. The van der Waals surface area contributed by atoms with E-state index in [0.717, 1.165) is 15.9 Å². The Labute approximate surface area is 103 Å². The summed E-state index contributed by atoms with van der Waals surface area (Å²) in [5, 5.41) is 13.2. The van der Waals surface area contributed by atoms with Gasteiger partial charge < -0.3 is 5.32 Å². The number of aromatic nitrogens is 4. The molecule has 0 spiro atoms. The molecule has 2 heterocycles. The van der Waals surface area contributed by atoms with Crippen molar-refractivity contribution in [3.05, 3.63) is 39.4 Å². The minimum Gasteiger partial charge on any atom is -0.303 e. The molecular weight excluding hydrogens is 234 g/mol. The predicted octanol–water partition coefficient (Wildman–Crippen LogP) is 0.373. The maximum Gasteiger partial charge on any atom is 0.277 e. The third-order valence-corrected chi connectivity index (χ3v) is 2.68. The highest BCUT2D eigenvalue weighted by atomic mass is 16.2. The molecule has 0 aliphatic carbocycles. The first-order chi connectivity index (χ1) is 8.49. The van der Waals surface area contributed by atoms with E-state index in [4.69, 9.17) is 0 Å². The van der Waals surface area contributed by atoms with E-state index in [1.54, 1.807) is 0 Å². The van der Waals surface area contributed by atoms with Crippen molar-refractivity contribution in [3.63, 3.8) is 0 Å². The van der Waals surface area contributed by atoms with Crippen LogP contribution in [-0.4, -0.2) is 25.9 Å². The second-order valence-corrected chi connectivity index (χ2v) is 3.96. The third kappa shape index (κ3) is 2.15. The summed E-state index contributed by atoms with van der Waals surface area (Å²) in [7, 11) is 1.49. The maximum atomic E-state index is 11.9. The van der Waals surface area contributed by atoms with Crippen LogP contribution < -0.4 is 10.9 Å². The molecule has 0 aromatic carbocycles. The molecule has 94 valence electrons. The molecule has 1 amide bonds. The van der Waals surface area contributed by atoms with Crippen molar-refractivity contribution in [1.82, 2.24) is 20.0 Å². The van der Waals surface area contributed by atoms with Gasteiger partial charge in [-0.1, -0.05) is 0 Å². The minimum atomic E-state index is -0.403. The zero-order valence-corrected chi connectivity index (χ0v) is 10.3. The Balaban J connectivity index is 2.24. The number of hydrogen-bond acceptors (Lipinski definition) is 4. The molecule has 0 atom stereocenters. The standard InChI is InChI=1S/C11H13N5O2/c1-6-7(2)13-14-10(6)12-11(18)8-4-5-9(17)16(3)15-8/h4-5H,1-3H3,(H2,12,13,14,18). The van der Waals surface area contributed by atoms with E-state index < -0.39 is 5.91 Å². The summed E-state index contributed by atoms with van der Waals surface area (Å²) in [6.07, 6.45) is 0. The molecular formula is C11H13N5O2. The van der Waals surface area contributed by atoms with Crippen LogP contribution in [0, 0.1) is 13.8 Å². The summed E-state index contributed by atoms with van der Waals surface area (Å²) < 4.78 is 1.11. The van der Waals surface area contributed by atoms with Crippen molar-refractivity contribution in [3.8, 4) is 0 Å². The van der Waals surface area contributed by atoms with Gasteiger partial charge in [-0.3, -0.25) is 14.7 Å². The summed E-state index contributed by atoms with van der Waals surface area (Å²) in [5.41, 5.74) is 1.65. The predicted molar refractivity (Wildman–Crippen MR) is 65.5 cm³/mol. The molecule has 7 nitrogen and oxygen atoms in total. The van der Waals surface area contributed by atoms with E-state index >= 15 is 0 Å². The van der Waals surface area contributed by atoms with Gasteiger partial charge in [0, 0.05) is 24.4 Å². The van der Waals surface area contributed by atoms with E-state index in [-0.39, 0.29) is 11.3 Å². The van der Waals surface area contributed by atoms with Crippen LogP contribution in [0.2, 0.25) is 0 Å². The summed E-state index contributed by atoms with van der Waals surface area (Å²) in [5.74, 6) is 0.0633. The molecule has 0 saturated heterocycles. The van der Waals surface area contributed by atoms with Crippen LogP contribution in [0.3, 0.4) is 0 Å². The van der Waals surface area contributed by atoms with Gasteiger partial charge in [-0.05, 0) is 19.9 Å². The lowest BCUT2D eigenvalue weighted by Crippen LogP contribution is -2.23. The highest BCUT2D eigenvalue weighted by molar-refractivity contribution is 6.02. The van der Waals surface area contributed by atoms with Crippen LogP contribution in [0.15, 0.2) is 16.9 Å². The van der Waals surface area contributed by atoms with Crippen molar-refractivity contribution in [2.24, 2.45) is 7.05 Å². The van der Waals surface area contributed by atoms with E-state index in [1.807, 2.05) is 13.8 Å². The number of aromatic amines is 1. The molecule has 0 bridgehead atoms. The van der Waals surface area contributed by atoms with Gasteiger partial charge in [0.25, 0.3) is 11.5 Å². The smallest absolute Gasteiger partial charge is 0.277 e. The molecule has 2 aromatic rings. The molecule has 0 fully saturated rings. The average Bonchev–Trinajstić information content (AvgIpc) is 2.64. The number of anilines is 1.